The summed E-state index contributed by atoms with van der Waals surface area (Å²) in [6, 6.07) is 10.3. The number of halogens is 2. The molecule has 0 aliphatic carbocycles. The summed E-state index contributed by atoms with van der Waals surface area (Å²) in [6.07, 6.45) is 1.66. The van der Waals surface area contributed by atoms with Crippen LogP contribution in [0, 0.1) is 11.6 Å². The molecule has 2 aliphatic heterocycles. The zero-order valence-electron chi connectivity index (χ0n) is 14.1. The molecule has 0 radical (unpaired) electrons. The number of carbonyl (C=O) groups is 1. The van der Waals surface area contributed by atoms with E-state index in [0.29, 0.717) is 24.9 Å². The number of carbonyl (C=O) groups excluding carboxylic acids is 1. The third-order valence-corrected chi connectivity index (χ3v) is 5.21. The van der Waals surface area contributed by atoms with E-state index in [1.54, 1.807) is 0 Å². The first-order chi connectivity index (χ1) is 12.0. The van der Waals surface area contributed by atoms with E-state index in [2.05, 4.69) is 17.0 Å². The minimum absolute atomic E-state index is 0.0958. The number of hydrogen-bond donors (Lipinski definition) is 0. The van der Waals surface area contributed by atoms with Gasteiger partial charge in [-0.15, -0.1) is 0 Å². The van der Waals surface area contributed by atoms with Gasteiger partial charge in [-0.25, -0.2) is 8.78 Å². The van der Waals surface area contributed by atoms with E-state index in [1.807, 2.05) is 19.2 Å². The lowest BCUT2D eigenvalue weighted by Gasteiger charge is -2.30. The smallest absolute Gasteiger partial charge is 0.227 e. The number of hydrogen-bond acceptors (Lipinski definition) is 2. The normalized spacial score (nSPS) is 18.9. The summed E-state index contributed by atoms with van der Waals surface area (Å²) >= 11 is 0. The number of aryl methyl sites for hydroxylation is 1. The van der Waals surface area contributed by atoms with Crippen molar-refractivity contribution in [3.8, 4) is 0 Å². The second-order valence-corrected chi connectivity index (χ2v) is 6.88. The molecule has 0 bridgehead atoms. The molecule has 5 heteroatoms. The summed E-state index contributed by atoms with van der Waals surface area (Å²) in [4.78, 5) is 16.6. The lowest BCUT2D eigenvalue weighted by molar-refractivity contribution is -0.119. The third-order valence-electron chi connectivity index (χ3n) is 5.21. The topological polar surface area (TPSA) is 23.6 Å². The molecule has 2 aromatic rings. The SMILES string of the molecule is CN1CC(CC(=O)N2CCCc3cc(F)cc(F)c32)c2ccccc21. The van der Waals surface area contributed by atoms with Crippen LogP contribution in [-0.2, 0) is 11.2 Å². The van der Waals surface area contributed by atoms with Gasteiger partial charge in [0.2, 0.25) is 5.91 Å². The van der Waals surface area contributed by atoms with E-state index in [4.69, 9.17) is 0 Å². The highest BCUT2D eigenvalue weighted by atomic mass is 19.1. The molecule has 130 valence electrons. The highest BCUT2D eigenvalue weighted by Crippen LogP contribution is 2.38. The van der Waals surface area contributed by atoms with Crippen LogP contribution >= 0.6 is 0 Å². The fraction of sp³-hybridized carbons (Fsp3) is 0.350. The molecule has 0 spiro atoms. The minimum atomic E-state index is -0.646. The predicted molar refractivity (Wildman–Crippen MR) is 94.1 cm³/mol. The van der Waals surface area contributed by atoms with Gasteiger partial charge in [0.1, 0.15) is 11.6 Å². The molecule has 2 aromatic carbocycles. The summed E-state index contributed by atoms with van der Waals surface area (Å²) in [7, 11) is 2.02. The van der Waals surface area contributed by atoms with E-state index in [9.17, 15) is 13.6 Å². The molecule has 0 N–H and O–H groups in total. The fourth-order valence-corrected chi connectivity index (χ4v) is 4.10. The Hall–Kier alpha value is -2.43. The van der Waals surface area contributed by atoms with Crippen LogP contribution in [0.25, 0.3) is 0 Å². The molecule has 1 amide bonds. The van der Waals surface area contributed by atoms with Gasteiger partial charge in [0.15, 0.2) is 0 Å². The number of benzene rings is 2. The Balaban J connectivity index is 1.60. The van der Waals surface area contributed by atoms with Crippen LogP contribution in [0.2, 0.25) is 0 Å². The van der Waals surface area contributed by atoms with Crippen LogP contribution in [0.1, 0.15) is 29.9 Å². The zero-order chi connectivity index (χ0) is 17.6. The average Bonchev–Trinajstić information content (AvgIpc) is 2.90. The van der Waals surface area contributed by atoms with Crippen molar-refractivity contribution in [2.45, 2.75) is 25.2 Å². The quantitative estimate of drug-likeness (QED) is 0.827. The highest BCUT2D eigenvalue weighted by molar-refractivity contribution is 5.95. The second kappa shape index (κ2) is 6.14. The molecule has 1 unspecified atom stereocenters. The van der Waals surface area contributed by atoms with Crippen LogP contribution < -0.4 is 9.80 Å². The zero-order valence-corrected chi connectivity index (χ0v) is 14.1. The van der Waals surface area contributed by atoms with E-state index >= 15 is 0 Å². The molecule has 0 saturated heterocycles. The van der Waals surface area contributed by atoms with E-state index in [-0.39, 0.29) is 17.5 Å². The van der Waals surface area contributed by atoms with Gasteiger partial charge < -0.3 is 9.80 Å². The van der Waals surface area contributed by atoms with Crippen molar-refractivity contribution in [1.29, 1.82) is 0 Å². The van der Waals surface area contributed by atoms with Gasteiger partial charge in [-0.1, -0.05) is 18.2 Å². The molecule has 25 heavy (non-hydrogen) atoms. The van der Waals surface area contributed by atoms with E-state index < -0.39 is 11.6 Å². The molecule has 0 saturated carbocycles. The maximum Gasteiger partial charge on any atom is 0.227 e. The number of para-hydroxylation sites is 1. The first kappa shape index (κ1) is 16.1. The van der Waals surface area contributed by atoms with Crippen LogP contribution in [0.3, 0.4) is 0 Å². The number of likely N-dealkylation sites (N-methyl/N-ethyl adjacent to an activating group) is 1. The van der Waals surface area contributed by atoms with Crippen LogP contribution in [0.5, 0.6) is 0 Å². The van der Waals surface area contributed by atoms with Crippen molar-refractivity contribution in [3.05, 3.63) is 59.2 Å². The number of nitrogens with zero attached hydrogens (tertiary/aromatic N) is 2. The largest absolute Gasteiger partial charge is 0.374 e. The van der Waals surface area contributed by atoms with Crippen molar-refractivity contribution >= 4 is 17.3 Å². The van der Waals surface area contributed by atoms with Crippen molar-refractivity contribution in [1.82, 2.24) is 0 Å². The predicted octanol–water partition coefficient (Wildman–Crippen LogP) is 3.87. The Labute approximate surface area is 145 Å². The Morgan fingerprint density at radius 1 is 1.24 bits per heavy atom. The first-order valence-electron chi connectivity index (χ1n) is 8.63. The van der Waals surface area contributed by atoms with Crippen LogP contribution in [0.4, 0.5) is 20.2 Å². The van der Waals surface area contributed by atoms with Gasteiger partial charge in [0, 0.05) is 44.2 Å². The summed E-state index contributed by atoms with van der Waals surface area (Å²) in [5.74, 6) is -1.23. The van der Waals surface area contributed by atoms with Crippen molar-refractivity contribution < 1.29 is 13.6 Å². The van der Waals surface area contributed by atoms with Gasteiger partial charge in [0.25, 0.3) is 0 Å². The molecule has 2 heterocycles. The lowest BCUT2D eigenvalue weighted by atomic mass is 9.95. The Kier molecular flexibility index (Phi) is 3.94. The van der Waals surface area contributed by atoms with E-state index in [1.165, 1.54) is 11.0 Å². The first-order valence-corrected chi connectivity index (χ1v) is 8.63. The van der Waals surface area contributed by atoms with Crippen molar-refractivity contribution in [2.75, 3.05) is 29.9 Å². The molecule has 4 rings (SSSR count). The number of rotatable bonds is 2. The second-order valence-electron chi connectivity index (χ2n) is 6.88. The Morgan fingerprint density at radius 3 is 2.88 bits per heavy atom. The standard InChI is InChI=1S/C20H20F2N2O/c1-23-12-14(16-6-2-3-7-18(16)23)10-19(25)24-8-4-5-13-9-15(21)11-17(22)20(13)24/h2-3,6-7,9,11,14H,4-5,8,10,12H2,1H3. The molecular formula is C20H20F2N2O. The summed E-state index contributed by atoms with van der Waals surface area (Å²) in [5.41, 5.74) is 3.15. The van der Waals surface area contributed by atoms with Gasteiger partial charge in [-0.05, 0) is 36.1 Å². The van der Waals surface area contributed by atoms with Crippen molar-refractivity contribution in [2.24, 2.45) is 0 Å². The molecule has 0 aromatic heterocycles. The monoisotopic (exact) mass is 342 g/mol. The van der Waals surface area contributed by atoms with Gasteiger partial charge in [0.05, 0.1) is 5.69 Å². The van der Waals surface area contributed by atoms with Gasteiger partial charge in [-0.2, -0.15) is 0 Å². The Bertz CT molecular complexity index is 836. The van der Waals surface area contributed by atoms with E-state index in [0.717, 1.165) is 30.3 Å². The van der Waals surface area contributed by atoms with Crippen LogP contribution in [-0.4, -0.2) is 26.0 Å². The maximum atomic E-state index is 14.3. The van der Waals surface area contributed by atoms with Gasteiger partial charge >= 0.3 is 0 Å². The fourth-order valence-electron chi connectivity index (χ4n) is 4.10. The number of amides is 1. The molecule has 1 atom stereocenters. The molecule has 2 aliphatic rings. The molecule has 0 fully saturated rings. The number of anilines is 2. The van der Waals surface area contributed by atoms with Crippen LogP contribution in [0.15, 0.2) is 36.4 Å². The summed E-state index contributed by atoms with van der Waals surface area (Å²) in [5, 5.41) is 0. The highest BCUT2D eigenvalue weighted by Gasteiger charge is 2.32. The summed E-state index contributed by atoms with van der Waals surface area (Å²) in [6.45, 7) is 1.26. The summed E-state index contributed by atoms with van der Waals surface area (Å²) < 4.78 is 27.8. The molecule has 3 nitrogen and oxygen atoms in total. The minimum Gasteiger partial charge on any atom is -0.374 e. The van der Waals surface area contributed by atoms with Crippen molar-refractivity contribution in [3.63, 3.8) is 0 Å². The average molecular weight is 342 g/mol. The third kappa shape index (κ3) is 2.77. The molecular weight excluding hydrogens is 322 g/mol. The number of fused-ring (bicyclic) bond motifs is 2. The Morgan fingerprint density at radius 2 is 2.04 bits per heavy atom. The maximum absolute atomic E-state index is 14.3. The van der Waals surface area contributed by atoms with Gasteiger partial charge in [-0.3, -0.25) is 4.79 Å². The lowest BCUT2D eigenvalue weighted by Crippen LogP contribution is -2.37.